The van der Waals surface area contributed by atoms with Crippen LogP contribution in [0.2, 0.25) is 0 Å². The monoisotopic (exact) mass is 185 g/mol. The van der Waals surface area contributed by atoms with Crippen molar-refractivity contribution in [3.05, 3.63) is 0 Å². The minimum absolute atomic E-state index is 0.0561. The van der Waals surface area contributed by atoms with E-state index in [0.29, 0.717) is 0 Å². The number of carbonyl (C=O) groups excluding carboxylic acids is 1. The van der Waals surface area contributed by atoms with E-state index in [2.05, 4.69) is 11.9 Å². The van der Waals surface area contributed by atoms with Crippen LogP contribution in [0.1, 0.15) is 13.8 Å². The van der Waals surface area contributed by atoms with Gasteiger partial charge in [-0.25, -0.2) is 0 Å². The molecule has 4 nitrogen and oxygen atoms in total. The molecule has 0 atom stereocenters. The van der Waals surface area contributed by atoms with Gasteiger partial charge in [-0.05, 0) is 20.9 Å². The molecule has 1 fully saturated rings. The SMILES string of the molecule is CN1CCN(C(=O)C(C)(C)N)CC1. The van der Waals surface area contributed by atoms with Crippen molar-refractivity contribution in [2.45, 2.75) is 19.4 Å². The molecule has 0 spiro atoms. The van der Waals surface area contributed by atoms with Gasteiger partial charge < -0.3 is 15.5 Å². The summed E-state index contributed by atoms with van der Waals surface area (Å²) in [5.74, 6) is 0.0561. The van der Waals surface area contributed by atoms with Gasteiger partial charge in [0.15, 0.2) is 0 Å². The number of hydrogen-bond donors (Lipinski definition) is 1. The molecule has 0 saturated carbocycles. The van der Waals surface area contributed by atoms with Gasteiger partial charge in [0.2, 0.25) is 5.91 Å². The van der Waals surface area contributed by atoms with E-state index in [1.165, 1.54) is 0 Å². The van der Waals surface area contributed by atoms with Gasteiger partial charge in [0, 0.05) is 26.2 Å². The van der Waals surface area contributed by atoms with Gasteiger partial charge in [-0.1, -0.05) is 0 Å². The molecule has 0 bridgehead atoms. The number of hydrogen-bond acceptors (Lipinski definition) is 3. The predicted molar refractivity (Wildman–Crippen MR) is 52.3 cm³/mol. The van der Waals surface area contributed by atoms with Crippen molar-refractivity contribution in [1.82, 2.24) is 9.80 Å². The average Bonchev–Trinajstić information content (AvgIpc) is 2.03. The second kappa shape index (κ2) is 3.64. The standard InChI is InChI=1S/C9H19N3O/c1-9(2,10)8(13)12-6-4-11(3)5-7-12/h4-7,10H2,1-3H3. The van der Waals surface area contributed by atoms with E-state index < -0.39 is 5.54 Å². The number of amides is 1. The Morgan fingerprint density at radius 3 is 2.08 bits per heavy atom. The second-order valence-corrected chi connectivity index (χ2v) is 4.32. The fourth-order valence-electron chi connectivity index (χ4n) is 1.42. The molecule has 13 heavy (non-hydrogen) atoms. The van der Waals surface area contributed by atoms with Gasteiger partial charge in [-0.2, -0.15) is 0 Å². The topological polar surface area (TPSA) is 49.6 Å². The highest BCUT2D eigenvalue weighted by atomic mass is 16.2. The van der Waals surface area contributed by atoms with Crippen LogP contribution in [-0.4, -0.2) is 54.5 Å². The normalized spacial score (nSPS) is 20.5. The highest BCUT2D eigenvalue weighted by Gasteiger charge is 2.29. The van der Waals surface area contributed by atoms with Gasteiger partial charge in [0.25, 0.3) is 0 Å². The highest BCUT2D eigenvalue weighted by Crippen LogP contribution is 2.07. The molecule has 1 aliphatic rings. The molecular weight excluding hydrogens is 166 g/mol. The summed E-state index contributed by atoms with van der Waals surface area (Å²) >= 11 is 0. The Morgan fingerprint density at radius 2 is 1.69 bits per heavy atom. The molecule has 1 amide bonds. The number of nitrogens with zero attached hydrogens (tertiary/aromatic N) is 2. The molecule has 1 rings (SSSR count). The van der Waals surface area contributed by atoms with E-state index in [1.54, 1.807) is 13.8 Å². The minimum atomic E-state index is -0.726. The van der Waals surface area contributed by atoms with E-state index in [-0.39, 0.29) is 5.91 Å². The zero-order valence-corrected chi connectivity index (χ0v) is 8.71. The van der Waals surface area contributed by atoms with E-state index >= 15 is 0 Å². The first-order chi connectivity index (χ1) is 5.91. The third-order valence-corrected chi connectivity index (χ3v) is 2.34. The second-order valence-electron chi connectivity index (χ2n) is 4.32. The van der Waals surface area contributed by atoms with E-state index in [9.17, 15) is 4.79 Å². The average molecular weight is 185 g/mol. The number of piperazine rings is 1. The Morgan fingerprint density at radius 1 is 1.23 bits per heavy atom. The van der Waals surface area contributed by atoms with Crippen LogP contribution in [0.15, 0.2) is 0 Å². The maximum absolute atomic E-state index is 11.7. The van der Waals surface area contributed by atoms with Gasteiger partial charge >= 0.3 is 0 Å². The van der Waals surface area contributed by atoms with Gasteiger partial charge in [-0.3, -0.25) is 4.79 Å². The molecule has 0 radical (unpaired) electrons. The number of carbonyl (C=O) groups is 1. The van der Waals surface area contributed by atoms with Crippen molar-refractivity contribution in [2.24, 2.45) is 5.73 Å². The maximum atomic E-state index is 11.7. The Kier molecular flexibility index (Phi) is 2.93. The smallest absolute Gasteiger partial charge is 0.242 e. The van der Waals surface area contributed by atoms with Crippen LogP contribution < -0.4 is 5.73 Å². The minimum Gasteiger partial charge on any atom is -0.339 e. The zero-order chi connectivity index (χ0) is 10.1. The van der Waals surface area contributed by atoms with Gasteiger partial charge in [0.1, 0.15) is 0 Å². The molecule has 1 heterocycles. The van der Waals surface area contributed by atoms with Crippen LogP contribution in [0.3, 0.4) is 0 Å². The maximum Gasteiger partial charge on any atom is 0.242 e. The molecule has 0 unspecified atom stereocenters. The summed E-state index contributed by atoms with van der Waals surface area (Å²) in [6.07, 6.45) is 0. The Hall–Kier alpha value is -0.610. The summed E-state index contributed by atoms with van der Waals surface area (Å²) in [7, 11) is 2.06. The number of nitrogens with two attached hydrogens (primary N) is 1. The Labute approximate surface area is 79.7 Å². The number of rotatable bonds is 1. The quantitative estimate of drug-likeness (QED) is 0.599. The van der Waals surface area contributed by atoms with E-state index in [1.807, 2.05) is 4.90 Å². The first-order valence-corrected chi connectivity index (χ1v) is 4.68. The largest absolute Gasteiger partial charge is 0.339 e. The summed E-state index contributed by atoms with van der Waals surface area (Å²) in [5, 5.41) is 0. The van der Waals surface area contributed by atoms with Crippen molar-refractivity contribution in [1.29, 1.82) is 0 Å². The van der Waals surface area contributed by atoms with Crippen LogP contribution in [0, 0.1) is 0 Å². The lowest BCUT2D eigenvalue weighted by molar-refractivity contribution is -0.137. The van der Waals surface area contributed by atoms with Crippen molar-refractivity contribution in [3.8, 4) is 0 Å². The van der Waals surface area contributed by atoms with Crippen LogP contribution in [-0.2, 0) is 4.79 Å². The van der Waals surface area contributed by atoms with E-state index in [4.69, 9.17) is 5.73 Å². The molecule has 0 aromatic carbocycles. The number of likely N-dealkylation sites (N-methyl/N-ethyl adjacent to an activating group) is 1. The summed E-state index contributed by atoms with van der Waals surface area (Å²) < 4.78 is 0. The third-order valence-electron chi connectivity index (χ3n) is 2.34. The summed E-state index contributed by atoms with van der Waals surface area (Å²) in [4.78, 5) is 15.8. The van der Waals surface area contributed by atoms with Gasteiger partial charge in [-0.15, -0.1) is 0 Å². The molecule has 0 aromatic heterocycles. The summed E-state index contributed by atoms with van der Waals surface area (Å²) in [5.41, 5.74) is 5.01. The molecular formula is C9H19N3O. The van der Waals surface area contributed by atoms with Crippen LogP contribution in [0.25, 0.3) is 0 Å². The molecule has 1 aliphatic heterocycles. The molecule has 1 saturated heterocycles. The summed E-state index contributed by atoms with van der Waals surface area (Å²) in [6.45, 7) is 7.01. The van der Waals surface area contributed by atoms with Crippen molar-refractivity contribution >= 4 is 5.91 Å². The van der Waals surface area contributed by atoms with Gasteiger partial charge in [0.05, 0.1) is 5.54 Å². The summed E-state index contributed by atoms with van der Waals surface area (Å²) in [6, 6.07) is 0. The van der Waals surface area contributed by atoms with Crippen molar-refractivity contribution in [2.75, 3.05) is 33.2 Å². The molecule has 4 heteroatoms. The van der Waals surface area contributed by atoms with Crippen molar-refractivity contribution in [3.63, 3.8) is 0 Å². The molecule has 0 aliphatic carbocycles. The lowest BCUT2D eigenvalue weighted by Crippen LogP contribution is -2.56. The fourth-order valence-corrected chi connectivity index (χ4v) is 1.42. The Balaban J connectivity index is 2.50. The van der Waals surface area contributed by atoms with Crippen LogP contribution >= 0.6 is 0 Å². The lowest BCUT2D eigenvalue weighted by Gasteiger charge is -2.35. The predicted octanol–water partition coefficient (Wildman–Crippen LogP) is -0.502. The fraction of sp³-hybridized carbons (Fsp3) is 0.889. The zero-order valence-electron chi connectivity index (χ0n) is 8.71. The first kappa shape index (κ1) is 10.5. The third kappa shape index (κ3) is 2.67. The molecule has 76 valence electrons. The molecule has 2 N–H and O–H groups in total. The molecule has 0 aromatic rings. The van der Waals surface area contributed by atoms with Crippen LogP contribution in [0.5, 0.6) is 0 Å². The van der Waals surface area contributed by atoms with Crippen molar-refractivity contribution < 1.29 is 4.79 Å². The lowest BCUT2D eigenvalue weighted by atomic mass is 10.1. The van der Waals surface area contributed by atoms with E-state index in [0.717, 1.165) is 26.2 Å². The highest BCUT2D eigenvalue weighted by molar-refractivity contribution is 5.85. The van der Waals surface area contributed by atoms with Crippen LogP contribution in [0.4, 0.5) is 0 Å². The first-order valence-electron chi connectivity index (χ1n) is 4.68. The Bertz CT molecular complexity index is 190.